The molecule has 1 saturated heterocycles. The molecule has 0 atom stereocenters. The fraction of sp³-hybridized carbons (Fsp3) is 0.625. The molecule has 1 aromatic carbocycles. The SMILES string of the molecule is CC1(C)CCN(CCCOc2cccc(N)c2)CCS1. The summed E-state index contributed by atoms with van der Waals surface area (Å²) in [4.78, 5) is 2.56. The zero-order valence-corrected chi connectivity index (χ0v) is 13.4. The van der Waals surface area contributed by atoms with Crippen LogP contribution in [0.5, 0.6) is 5.75 Å². The second-order valence-corrected chi connectivity index (χ2v) is 7.78. The van der Waals surface area contributed by atoms with Crippen molar-refractivity contribution in [3.63, 3.8) is 0 Å². The number of nitrogens with two attached hydrogens (primary N) is 1. The van der Waals surface area contributed by atoms with Crippen molar-refractivity contribution >= 4 is 17.4 Å². The van der Waals surface area contributed by atoms with E-state index in [4.69, 9.17) is 10.5 Å². The van der Waals surface area contributed by atoms with E-state index in [1.54, 1.807) is 0 Å². The molecule has 0 spiro atoms. The molecule has 1 heterocycles. The molecule has 0 amide bonds. The molecular formula is C16H26N2OS. The van der Waals surface area contributed by atoms with Gasteiger partial charge in [0.15, 0.2) is 0 Å². The predicted molar refractivity (Wildman–Crippen MR) is 88.6 cm³/mol. The summed E-state index contributed by atoms with van der Waals surface area (Å²) < 4.78 is 6.18. The van der Waals surface area contributed by atoms with Crippen LogP contribution in [0.4, 0.5) is 5.69 Å². The number of thioether (sulfide) groups is 1. The first-order valence-electron chi connectivity index (χ1n) is 7.40. The highest BCUT2D eigenvalue weighted by Gasteiger charge is 2.23. The van der Waals surface area contributed by atoms with Gasteiger partial charge in [0.05, 0.1) is 6.61 Å². The normalized spacial score (nSPS) is 19.5. The summed E-state index contributed by atoms with van der Waals surface area (Å²) in [5.74, 6) is 2.11. The molecule has 2 N–H and O–H groups in total. The second kappa shape index (κ2) is 7.23. The van der Waals surface area contributed by atoms with Gasteiger partial charge in [0.25, 0.3) is 0 Å². The van der Waals surface area contributed by atoms with E-state index in [0.29, 0.717) is 4.75 Å². The van der Waals surface area contributed by atoms with Crippen LogP contribution in [-0.4, -0.2) is 41.6 Å². The Bertz CT molecular complexity index is 423. The number of nitrogens with zero attached hydrogens (tertiary/aromatic N) is 1. The van der Waals surface area contributed by atoms with Crippen LogP contribution >= 0.6 is 11.8 Å². The first kappa shape index (κ1) is 15.5. The molecule has 0 bridgehead atoms. The van der Waals surface area contributed by atoms with Crippen molar-refractivity contribution in [1.82, 2.24) is 4.90 Å². The molecule has 112 valence electrons. The van der Waals surface area contributed by atoms with Crippen LogP contribution in [0, 0.1) is 0 Å². The maximum atomic E-state index is 5.74. The smallest absolute Gasteiger partial charge is 0.121 e. The molecule has 4 heteroatoms. The van der Waals surface area contributed by atoms with E-state index in [2.05, 4.69) is 30.5 Å². The fourth-order valence-electron chi connectivity index (χ4n) is 2.37. The standard InChI is InChI=1S/C16H26N2OS/c1-16(2)7-9-18(10-12-20-16)8-4-11-19-15-6-3-5-14(17)13-15/h3,5-6,13H,4,7-12,17H2,1-2H3. The molecule has 0 saturated carbocycles. The molecule has 2 rings (SSSR count). The Labute approximate surface area is 126 Å². The van der Waals surface area contributed by atoms with Gasteiger partial charge in [-0.3, -0.25) is 0 Å². The molecule has 3 nitrogen and oxygen atoms in total. The third-order valence-electron chi connectivity index (χ3n) is 3.68. The quantitative estimate of drug-likeness (QED) is 0.668. The summed E-state index contributed by atoms with van der Waals surface area (Å²) in [5.41, 5.74) is 6.49. The van der Waals surface area contributed by atoms with E-state index >= 15 is 0 Å². The molecule has 0 radical (unpaired) electrons. The molecule has 0 aliphatic carbocycles. The Morgan fingerprint density at radius 3 is 3.00 bits per heavy atom. The highest BCUT2D eigenvalue weighted by Crippen LogP contribution is 2.30. The first-order valence-corrected chi connectivity index (χ1v) is 8.38. The third-order valence-corrected chi connectivity index (χ3v) is 5.05. The lowest BCUT2D eigenvalue weighted by Crippen LogP contribution is -2.29. The molecule has 0 aromatic heterocycles. The topological polar surface area (TPSA) is 38.5 Å². The van der Waals surface area contributed by atoms with Crippen molar-refractivity contribution in [2.45, 2.75) is 31.4 Å². The van der Waals surface area contributed by atoms with Gasteiger partial charge in [-0.2, -0.15) is 11.8 Å². The number of benzene rings is 1. The lowest BCUT2D eigenvalue weighted by Gasteiger charge is -2.22. The molecule has 1 aliphatic heterocycles. The largest absolute Gasteiger partial charge is 0.493 e. The molecular weight excluding hydrogens is 268 g/mol. The van der Waals surface area contributed by atoms with Crippen LogP contribution in [0.3, 0.4) is 0 Å². The van der Waals surface area contributed by atoms with Crippen molar-refractivity contribution in [2.24, 2.45) is 0 Å². The minimum absolute atomic E-state index is 0.437. The van der Waals surface area contributed by atoms with Crippen LogP contribution < -0.4 is 10.5 Å². The summed E-state index contributed by atoms with van der Waals surface area (Å²) >= 11 is 2.10. The molecule has 0 unspecified atom stereocenters. The van der Waals surface area contributed by atoms with Crippen LogP contribution in [-0.2, 0) is 0 Å². The molecule has 20 heavy (non-hydrogen) atoms. The Balaban J connectivity index is 1.66. The molecule has 1 fully saturated rings. The minimum Gasteiger partial charge on any atom is -0.493 e. The van der Waals surface area contributed by atoms with Gasteiger partial charge in [0, 0.05) is 35.3 Å². The van der Waals surface area contributed by atoms with Crippen LogP contribution in [0.15, 0.2) is 24.3 Å². The van der Waals surface area contributed by atoms with E-state index in [1.807, 2.05) is 24.3 Å². The van der Waals surface area contributed by atoms with Gasteiger partial charge in [0.2, 0.25) is 0 Å². The lowest BCUT2D eigenvalue weighted by molar-refractivity contribution is 0.240. The zero-order chi connectivity index (χ0) is 14.4. The van der Waals surface area contributed by atoms with Gasteiger partial charge in [-0.05, 0) is 31.5 Å². The van der Waals surface area contributed by atoms with Crippen molar-refractivity contribution in [3.8, 4) is 5.75 Å². The Hall–Kier alpha value is -0.870. The summed E-state index contributed by atoms with van der Waals surface area (Å²) in [6.45, 7) is 8.99. The second-order valence-electron chi connectivity index (χ2n) is 5.97. The zero-order valence-electron chi connectivity index (χ0n) is 12.6. The van der Waals surface area contributed by atoms with Crippen LogP contribution in [0.25, 0.3) is 0 Å². The van der Waals surface area contributed by atoms with E-state index in [9.17, 15) is 0 Å². The van der Waals surface area contributed by atoms with Crippen LogP contribution in [0.1, 0.15) is 26.7 Å². The highest BCUT2D eigenvalue weighted by atomic mass is 32.2. The number of ether oxygens (including phenoxy) is 1. The highest BCUT2D eigenvalue weighted by molar-refractivity contribution is 8.00. The average molecular weight is 294 g/mol. The summed E-state index contributed by atoms with van der Waals surface area (Å²) in [6, 6.07) is 7.65. The van der Waals surface area contributed by atoms with Crippen molar-refractivity contribution in [3.05, 3.63) is 24.3 Å². The Morgan fingerprint density at radius 1 is 1.35 bits per heavy atom. The van der Waals surface area contributed by atoms with E-state index < -0.39 is 0 Å². The number of hydrogen-bond acceptors (Lipinski definition) is 4. The van der Waals surface area contributed by atoms with Crippen molar-refractivity contribution in [2.75, 3.05) is 37.7 Å². The molecule has 1 aliphatic rings. The van der Waals surface area contributed by atoms with Gasteiger partial charge in [-0.25, -0.2) is 0 Å². The average Bonchev–Trinajstić information content (AvgIpc) is 2.56. The Morgan fingerprint density at radius 2 is 2.20 bits per heavy atom. The van der Waals surface area contributed by atoms with E-state index in [-0.39, 0.29) is 0 Å². The number of anilines is 1. The maximum absolute atomic E-state index is 5.74. The van der Waals surface area contributed by atoms with Gasteiger partial charge >= 0.3 is 0 Å². The lowest BCUT2D eigenvalue weighted by atomic mass is 10.1. The van der Waals surface area contributed by atoms with Gasteiger partial charge < -0.3 is 15.4 Å². The maximum Gasteiger partial charge on any atom is 0.121 e. The monoisotopic (exact) mass is 294 g/mol. The summed E-state index contributed by atoms with van der Waals surface area (Å²) in [7, 11) is 0. The van der Waals surface area contributed by atoms with Crippen molar-refractivity contribution < 1.29 is 4.74 Å². The van der Waals surface area contributed by atoms with E-state index in [0.717, 1.165) is 31.0 Å². The van der Waals surface area contributed by atoms with Gasteiger partial charge in [0.1, 0.15) is 5.75 Å². The number of rotatable bonds is 5. The van der Waals surface area contributed by atoms with E-state index in [1.165, 1.54) is 25.3 Å². The summed E-state index contributed by atoms with van der Waals surface area (Å²) in [6.07, 6.45) is 2.34. The minimum atomic E-state index is 0.437. The van der Waals surface area contributed by atoms with Crippen LogP contribution in [0.2, 0.25) is 0 Å². The molecule has 1 aromatic rings. The number of nitrogen functional groups attached to an aromatic ring is 1. The number of hydrogen-bond donors (Lipinski definition) is 1. The van der Waals surface area contributed by atoms with Gasteiger partial charge in [-0.1, -0.05) is 19.9 Å². The Kier molecular flexibility index (Phi) is 5.61. The van der Waals surface area contributed by atoms with Gasteiger partial charge in [-0.15, -0.1) is 0 Å². The third kappa shape index (κ3) is 5.25. The summed E-state index contributed by atoms with van der Waals surface area (Å²) in [5, 5.41) is 0. The van der Waals surface area contributed by atoms with Crippen molar-refractivity contribution in [1.29, 1.82) is 0 Å². The predicted octanol–water partition coefficient (Wildman–Crippen LogP) is 3.26. The first-order chi connectivity index (χ1) is 9.55. The fourth-order valence-corrected chi connectivity index (χ4v) is 3.51.